The maximum absolute atomic E-state index is 6.18. The first-order chi connectivity index (χ1) is 9.13. The zero-order valence-electron chi connectivity index (χ0n) is 10.0. The Bertz CT molecular complexity index is 610. The molecule has 0 N–H and O–H groups in total. The van der Waals surface area contributed by atoms with E-state index < -0.39 is 0 Å². The Hall–Kier alpha value is -0.450. The maximum Gasteiger partial charge on any atom is 0.147 e. The molecule has 0 radical (unpaired) electrons. The van der Waals surface area contributed by atoms with Gasteiger partial charge < -0.3 is 0 Å². The molecule has 0 atom stereocenters. The lowest BCUT2D eigenvalue weighted by Gasteiger charge is -2.07. The van der Waals surface area contributed by atoms with Crippen LogP contribution in [-0.2, 0) is 6.42 Å². The normalized spacial score (nSPS) is 14.7. The smallest absolute Gasteiger partial charge is 0.147 e. The fourth-order valence-corrected chi connectivity index (χ4v) is 2.93. The van der Waals surface area contributed by atoms with Crippen LogP contribution in [0.3, 0.4) is 0 Å². The van der Waals surface area contributed by atoms with Gasteiger partial charge in [0.05, 0.1) is 10.2 Å². The molecular formula is C14H11Br2ClN2. The van der Waals surface area contributed by atoms with Gasteiger partial charge in [-0.1, -0.05) is 39.7 Å². The van der Waals surface area contributed by atoms with Crippen molar-refractivity contribution in [3.05, 3.63) is 55.4 Å². The van der Waals surface area contributed by atoms with Crippen LogP contribution in [0.4, 0.5) is 0 Å². The molecule has 1 aliphatic rings. The molecule has 1 aliphatic carbocycles. The van der Waals surface area contributed by atoms with Gasteiger partial charge in [0.25, 0.3) is 0 Å². The summed E-state index contributed by atoms with van der Waals surface area (Å²) in [4.78, 5) is 9.02. The molecule has 19 heavy (non-hydrogen) atoms. The largest absolute Gasteiger partial charge is 0.236 e. The minimum atomic E-state index is 0.518. The van der Waals surface area contributed by atoms with E-state index >= 15 is 0 Å². The zero-order valence-corrected chi connectivity index (χ0v) is 14.0. The lowest BCUT2D eigenvalue weighted by atomic mass is 10.1. The average molecular weight is 403 g/mol. The molecule has 0 bridgehead atoms. The summed E-state index contributed by atoms with van der Waals surface area (Å²) in [5.41, 5.74) is 2.25. The number of rotatable bonds is 3. The van der Waals surface area contributed by atoms with Crippen molar-refractivity contribution in [2.45, 2.75) is 25.2 Å². The third kappa shape index (κ3) is 3.18. The molecular weight excluding hydrogens is 391 g/mol. The van der Waals surface area contributed by atoms with Gasteiger partial charge in [-0.15, -0.1) is 0 Å². The van der Waals surface area contributed by atoms with Crippen LogP contribution >= 0.6 is 43.5 Å². The van der Waals surface area contributed by atoms with E-state index in [4.69, 9.17) is 11.6 Å². The Kier molecular flexibility index (Phi) is 3.92. The Labute approximate surface area is 133 Å². The fourth-order valence-electron chi connectivity index (χ4n) is 1.97. The lowest BCUT2D eigenvalue weighted by molar-refractivity contribution is 0.890. The van der Waals surface area contributed by atoms with Crippen molar-refractivity contribution in [2.24, 2.45) is 0 Å². The molecule has 5 heteroatoms. The van der Waals surface area contributed by atoms with E-state index in [0.29, 0.717) is 17.5 Å². The predicted molar refractivity (Wildman–Crippen MR) is 83.7 cm³/mol. The summed E-state index contributed by atoms with van der Waals surface area (Å²) in [5, 5.41) is 0.518. The van der Waals surface area contributed by atoms with Crippen LogP contribution in [0.5, 0.6) is 0 Å². The van der Waals surface area contributed by atoms with E-state index in [2.05, 4.69) is 54.0 Å². The van der Waals surface area contributed by atoms with Crippen molar-refractivity contribution < 1.29 is 0 Å². The number of benzene rings is 1. The molecule has 1 saturated carbocycles. The van der Waals surface area contributed by atoms with Crippen molar-refractivity contribution in [2.75, 3.05) is 0 Å². The number of aromatic nitrogens is 2. The quantitative estimate of drug-likeness (QED) is 0.666. The molecule has 1 fully saturated rings. The van der Waals surface area contributed by atoms with Gasteiger partial charge in [-0.3, -0.25) is 0 Å². The van der Waals surface area contributed by atoms with E-state index in [1.165, 1.54) is 18.4 Å². The van der Waals surface area contributed by atoms with Crippen LogP contribution in [0.15, 0.2) is 33.2 Å². The van der Waals surface area contributed by atoms with E-state index in [1.54, 1.807) is 0 Å². The highest BCUT2D eigenvalue weighted by Gasteiger charge is 2.29. The SMILES string of the molecule is Clc1nc(Cc2ccc(Br)cc2)nc(C2CC2)c1Br. The standard InChI is InChI=1S/C14H11Br2ClN2/c15-10-5-1-8(2-6-10)7-11-18-13(9-3-4-9)12(16)14(17)19-11/h1-2,5-6,9H,3-4,7H2. The van der Waals surface area contributed by atoms with Gasteiger partial charge in [0.1, 0.15) is 11.0 Å². The summed E-state index contributed by atoms with van der Waals surface area (Å²) < 4.78 is 1.93. The monoisotopic (exact) mass is 400 g/mol. The van der Waals surface area contributed by atoms with Crippen LogP contribution in [0.2, 0.25) is 5.15 Å². The van der Waals surface area contributed by atoms with Gasteiger partial charge in [-0.25, -0.2) is 9.97 Å². The first kappa shape index (κ1) is 13.5. The lowest BCUT2D eigenvalue weighted by Crippen LogP contribution is -2.02. The molecule has 1 aromatic carbocycles. The summed E-state index contributed by atoms with van der Waals surface area (Å²) >= 11 is 13.1. The highest BCUT2D eigenvalue weighted by atomic mass is 79.9. The maximum atomic E-state index is 6.18. The van der Waals surface area contributed by atoms with Crippen molar-refractivity contribution in [1.29, 1.82) is 0 Å². The molecule has 0 spiro atoms. The Morgan fingerprint density at radius 2 is 1.79 bits per heavy atom. The number of nitrogens with zero attached hydrogens (tertiary/aromatic N) is 2. The minimum absolute atomic E-state index is 0.518. The van der Waals surface area contributed by atoms with Crippen molar-refractivity contribution in [1.82, 2.24) is 9.97 Å². The molecule has 0 aliphatic heterocycles. The molecule has 2 nitrogen and oxygen atoms in total. The van der Waals surface area contributed by atoms with Crippen LogP contribution in [0, 0.1) is 0 Å². The molecule has 2 aromatic rings. The van der Waals surface area contributed by atoms with Gasteiger partial charge in [0.15, 0.2) is 0 Å². The first-order valence-electron chi connectivity index (χ1n) is 6.10. The Morgan fingerprint density at radius 1 is 1.11 bits per heavy atom. The van der Waals surface area contributed by atoms with Crippen LogP contribution in [-0.4, -0.2) is 9.97 Å². The Balaban J connectivity index is 1.90. The topological polar surface area (TPSA) is 25.8 Å². The van der Waals surface area contributed by atoms with Gasteiger partial charge in [0.2, 0.25) is 0 Å². The molecule has 1 aromatic heterocycles. The van der Waals surface area contributed by atoms with Crippen molar-refractivity contribution >= 4 is 43.5 Å². The molecule has 98 valence electrons. The predicted octanol–water partition coefficient (Wildman–Crippen LogP) is 5.12. The van der Waals surface area contributed by atoms with Crippen LogP contribution in [0.25, 0.3) is 0 Å². The second-order valence-electron chi connectivity index (χ2n) is 4.71. The second kappa shape index (κ2) is 5.51. The van der Waals surface area contributed by atoms with Crippen molar-refractivity contribution in [3.63, 3.8) is 0 Å². The third-order valence-corrected chi connectivity index (χ3v) is 4.93. The number of hydrogen-bond donors (Lipinski definition) is 0. The summed E-state index contributed by atoms with van der Waals surface area (Å²) in [6, 6.07) is 8.19. The van der Waals surface area contributed by atoms with Crippen LogP contribution in [0.1, 0.15) is 35.8 Å². The molecule has 3 rings (SSSR count). The molecule has 0 amide bonds. The highest BCUT2D eigenvalue weighted by Crippen LogP contribution is 2.43. The molecule has 0 saturated heterocycles. The van der Waals surface area contributed by atoms with Crippen molar-refractivity contribution in [3.8, 4) is 0 Å². The van der Waals surface area contributed by atoms with E-state index in [1.807, 2.05) is 12.1 Å². The molecule has 1 heterocycles. The van der Waals surface area contributed by atoms with E-state index in [0.717, 1.165) is 20.5 Å². The summed E-state index contributed by atoms with van der Waals surface area (Å²) in [5.74, 6) is 1.34. The zero-order chi connectivity index (χ0) is 13.4. The fraction of sp³-hybridized carbons (Fsp3) is 0.286. The van der Waals surface area contributed by atoms with E-state index in [-0.39, 0.29) is 0 Å². The summed E-state index contributed by atoms with van der Waals surface area (Å²) in [6.45, 7) is 0. The van der Waals surface area contributed by atoms with E-state index in [9.17, 15) is 0 Å². The summed E-state index contributed by atoms with van der Waals surface area (Å²) in [7, 11) is 0. The van der Waals surface area contributed by atoms with Gasteiger partial charge >= 0.3 is 0 Å². The first-order valence-corrected chi connectivity index (χ1v) is 8.06. The minimum Gasteiger partial charge on any atom is -0.236 e. The van der Waals surface area contributed by atoms with Gasteiger partial charge in [-0.2, -0.15) is 0 Å². The summed E-state index contributed by atoms with van der Waals surface area (Å²) in [6.07, 6.45) is 3.10. The number of halogens is 3. The number of hydrogen-bond acceptors (Lipinski definition) is 2. The van der Waals surface area contributed by atoms with Gasteiger partial charge in [0, 0.05) is 16.8 Å². The third-order valence-electron chi connectivity index (χ3n) is 3.12. The highest BCUT2D eigenvalue weighted by molar-refractivity contribution is 9.10. The van der Waals surface area contributed by atoms with Crippen LogP contribution < -0.4 is 0 Å². The Morgan fingerprint density at radius 3 is 2.42 bits per heavy atom. The average Bonchev–Trinajstić information content (AvgIpc) is 3.21. The van der Waals surface area contributed by atoms with Gasteiger partial charge in [-0.05, 0) is 46.5 Å². The molecule has 0 unspecified atom stereocenters. The second-order valence-corrected chi connectivity index (χ2v) is 6.77.